The molecule has 0 spiro atoms. The number of hydrogen-bond donors (Lipinski definition) is 1. The van der Waals surface area contributed by atoms with Gasteiger partial charge in [-0.05, 0) is 38.1 Å². The molecular weight excluding hydrogens is 202 g/mol. The second kappa shape index (κ2) is 4.74. The Balaban J connectivity index is 1.98. The van der Waals surface area contributed by atoms with Crippen molar-refractivity contribution in [3.05, 3.63) is 0 Å². The summed E-state index contributed by atoms with van der Waals surface area (Å²) >= 11 is 0. The SMILES string of the molecule is CC1CCN1CC1(CC(=O)O)CCCCC1. The Morgan fingerprint density at radius 2 is 2.06 bits per heavy atom. The van der Waals surface area contributed by atoms with Crippen LogP contribution in [-0.4, -0.2) is 35.1 Å². The van der Waals surface area contributed by atoms with Crippen LogP contribution in [0.2, 0.25) is 0 Å². The molecule has 0 amide bonds. The zero-order valence-electron chi connectivity index (χ0n) is 10.2. The van der Waals surface area contributed by atoms with E-state index < -0.39 is 5.97 Å². The van der Waals surface area contributed by atoms with Gasteiger partial charge in [0, 0.05) is 12.6 Å². The van der Waals surface area contributed by atoms with Crippen LogP contribution in [0.15, 0.2) is 0 Å². The van der Waals surface area contributed by atoms with E-state index in [2.05, 4.69) is 11.8 Å². The van der Waals surface area contributed by atoms with E-state index in [-0.39, 0.29) is 5.41 Å². The van der Waals surface area contributed by atoms with Crippen molar-refractivity contribution < 1.29 is 9.90 Å². The number of carboxylic acid groups (broad SMARTS) is 1. The summed E-state index contributed by atoms with van der Waals surface area (Å²) in [6.45, 7) is 4.43. The first-order valence-electron chi connectivity index (χ1n) is 6.57. The van der Waals surface area contributed by atoms with Crippen LogP contribution in [0.1, 0.15) is 51.9 Å². The molecule has 0 aromatic heterocycles. The van der Waals surface area contributed by atoms with Crippen LogP contribution >= 0.6 is 0 Å². The number of carboxylic acids is 1. The molecule has 2 rings (SSSR count). The molecule has 1 unspecified atom stereocenters. The van der Waals surface area contributed by atoms with Gasteiger partial charge >= 0.3 is 5.97 Å². The third kappa shape index (κ3) is 2.57. The zero-order chi connectivity index (χ0) is 11.6. The zero-order valence-corrected chi connectivity index (χ0v) is 10.2. The number of likely N-dealkylation sites (tertiary alicyclic amines) is 1. The molecule has 0 bridgehead atoms. The van der Waals surface area contributed by atoms with Gasteiger partial charge in [-0.1, -0.05) is 19.3 Å². The van der Waals surface area contributed by atoms with Crippen LogP contribution in [0, 0.1) is 5.41 Å². The molecule has 0 aromatic carbocycles. The van der Waals surface area contributed by atoms with Gasteiger partial charge in [0.2, 0.25) is 0 Å². The molecule has 1 aliphatic heterocycles. The highest BCUT2D eigenvalue weighted by Crippen LogP contribution is 2.41. The summed E-state index contributed by atoms with van der Waals surface area (Å²) in [7, 11) is 0. The lowest BCUT2D eigenvalue weighted by Crippen LogP contribution is -2.51. The van der Waals surface area contributed by atoms with E-state index in [9.17, 15) is 4.79 Å². The Morgan fingerprint density at radius 3 is 2.50 bits per heavy atom. The molecule has 1 atom stereocenters. The molecule has 3 nitrogen and oxygen atoms in total. The fourth-order valence-corrected chi connectivity index (χ4v) is 3.25. The van der Waals surface area contributed by atoms with E-state index in [4.69, 9.17) is 5.11 Å². The normalized spacial score (nSPS) is 29.7. The van der Waals surface area contributed by atoms with Gasteiger partial charge in [-0.25, -0.2) is 0 Å². The van der Waals surface area contributed by atoms with Crippen LogP contribution in [-0.2, 0) is 4.79 Å². The average Bonchev–Trinajstić information content (AvgIpc) is 2.24. The van der Waals surface area contributed by atoms with Gasteiger partial charge in [0.25, 0.3) is 0 Å². The minimum atomic E-state index is -0.616. The highest BCUT2D eigenvalue weighted by Gasteiger charge is 2.38. The van der Waals surface area contributed by atoms with Gasteiger partial charge in [-0.3, -0.25) is 9.69 Å². The number of carbonyl (C=O) groups is 1. The maximum atomic E-state index is 11.0. The number of aliphatic carboxylic acids is 1. The lowest BCUT2D eigenvalue weighted by atomic mass is 9.71. The van der Waals surface area contributed by atoms with Crippen molar-refractivity contribution in [1.29, 1.82) is 0 Å². The first-order chi connectivity index (χ1) is 7.61. The van der Waals surface area contributed by atoms with E-state index in [0.29, 0.717) is 12.5 Å². The Morgan fingerprint density at radius 1 is 1.38 bits per heavy atom. The molecule has 0 radical (unpaired) electrons. The van der Waals surface area contributed by atoms with E-state index in [1.54, 1.807) is 0 Å². The van der Waals surface area contributed by atoms with Gasteiger partial charge in [0.1, 0.15) is 0 Å². The molecule has 0 aromatic rings. The van der Waals surface area contributed by atoms with Gasteiger partial charge in [-0.15, -0.1) is 0 Å². The summed E-state index contributed by atoms with van der Waals surface area (Å²) in [4.78, 5) is 13.5. The van der Waals surface area contributed by atoms with Crippen molar-refractivity contribution in [2.75, 3.05) is 13.1 Å². The summed E-state index contributed by atoms with van der Waals surface area (Å²) in [6, 6.07) is 0.674. The van der Waals surface area contributed by atoms with Gasteiger partial charge in [-0.2, -0.15) is 0 Å². The lowest BCUT2D eigenvalue weighted by Gasteiger charge is -2.47. The highest BCUT2D eigenvalue weighted by molar-refractivity contribution is 5.67. The Labute approximate surface area is 97.8 Å². The fourth-order valence-electron chi connectivity index (χ4n) is 3.25. The largest absolute Gasteiger partial charge is 0.481 e. The minimum absolute atomic E-state index is 0.0821. The first-order valence-corrected chi connectivity index (χ1v) is 6.57. The maximum absolute atomic E-state index is 11.0. The molecule has 1 saturated carbocycles. The van der Waals surface area contributed by atoms with E-state index >= 15 is 0 Å². The minimum Gasteiger partial charge on any atom is -0.481 e. The molecule has 1 saturated heterocycles. The standard InChI is InChI=1S/C13H23NO2/c1-11-5-8-14(11)10-13(9-12(15)16)6-3-2-4-7-13/h11H,2-10H2,1H3,(H,15,16). The second-order valence-electron chi connectivity index (χ2n) is 5.74. The quantitative estimate of drug-likeness (QED) is 0.799. The topological polar surface area (TPSA) is 40.5 Å². The molecular formula is C13H23NO2. The van der Waals surface area contributed by atoms with Crippen molar-refractivity contribution in [2.24, 2.45) is 5.41 Å². The van der Waals surface area contributed by atoms with Crippen LogP contribution < -0.4 is 0 Å². The van der Waals surface area contributed by atoms with Crippen LogP contribution in [0.4, 0.5) is 0 Å². The number of nitrogens with zero attached hydrogens (tertiary/aromatic N) is 1. The summed E-state index contributed by atoms with van der Waals surface area (Å²) in [5, 5.41) is 9.08. The molecule has 1 heterocycles. The summed E-state index contributed by atoms with van der Waals surface area (Å²) in [5.74, 6) is -0.616. The van der Waals surface area contributed by atoms with Crippen molar-refractivity contribution >= 4 is 5.97 Å². The third-order valence-electron chi connectivity index (χ3n) is 4.44. The van der Waals surface area contributed by atoms with E-state index in [0.717, 1.165) is 19.4 Å². The third-order valence-corrected chi connectivity index (χ3v) is 4.44. The van der Waals surface area contributed by atoms with Crippen molar-refractivity contribution in [2.45, 2.75) is 57.9 Å². The lowest BCUT2D eigenvalue weighted by molar-refractivity contribution is -0.141. The average molecular weight is 225 g/mol. The first kappa shape index (κ1) is 11.9. The van der Waals surface area contributed by atoms with Gasteiger partial charge < -0.3 is 5.11 Å². The van der Waals surface area contributed by atoms with Gasteiger partial charge in [0.15, 0.2) is 0 Å². The van der Waals surface area contributed by atoms with Crippen LogP contribution in [0.25, 0.3) is 0 Å². The van der Waals surface area contributed by atoms with Crippen molar-refractivity contribution in [3.63, 3.8) is 0 Å². The van der Waals surface area contributed by atoms with E-state index in [1.807, 2.05) is 0 Å². The number of rotatable bonds is 4. The van der Waals surface area contributed by atoms with E-state index in [1.165, 1.54) is 32.2 Å². The van der Waals surface area contributed by atoms with Crippen molar-refractivity contribution in [1.82, 2.24) is 4.90 Å². The smallest absolute Gasteiger partial charge is 0.303 e. The van der Waals surface area contributed by atoms with Gasteiger partial charge in [0.05, 0.1) is 6.42 Å². The Hall–Kier alpha value is -0.570. The Kier molecular flexibility index (Phi) is 3.53. The molecule has 1 N–H and O–H groups in total. The summed E-state index contributed by atoms with van der Waals surface area (Å²) in [6.07, 6.45) is 7.60. The maximum Gasteiger partial charge on any atom is 0.303 e. The molecule has 92 valence electrons. The molecule has 2 aliphatic rings. The van der Waals surface area contributed by atoms with Crippen LogP contribution in [0.3, 0.4) is 0 Å². The highest BCUT2D eigenvalue weighted by atomic mass is 16.4. The predicted octanol–water partition coefficient (Wildman–Crippen LogP) is 2.51. The monoisotopic (exact) mass is 225 g/mol. The molecule has 16 heavy (non-hydrogen) atoms. The van der Waals surface area contributed by atoms with Crippen LogP contribution in [0.5, 0.6) is 0 Å². The second-order valence-corrected chi connectivity index (χ2v) is 5.74. The molecule has 3 heteroatoms. The van der Waals surface area contributed by atoms with Crippen molar-refractivity contribution in [3.8, 4) is 0 Å². The molecule has 1 aliphatic carbocycles. The number of hydrogen-bond acceptors (Lipinski definition) is 2. The molecule has 2 fully saturated rings. The predicted molar refractivity (Wildman–Crippen MR) is 63.4 cm³/mol. The fraction of sp³-hybridized carbons (Fsp3) is 0.923. The Bertz CT molecular complexity index is 259. The summed E-state index contributed by atoms with van der Waals surface area (Å²) in [5.41, 5.74) is 0.0821. The summed E-state index contributed by atoms with van der Waals surface area (Å²) < 4.78 is 0.